The summed E-state index contributed by atoms with van der Waals surface area (Å²) < 4.78 is 0. The van der Waals surface area contributed by atoms with Crippen LogP contribution in [0.5, 0.6) is 0 Å². The number of hydrogen-bond donors (Lipinski definition) is 3. The van der Waals surface area contributed by atoms with Gasteiger partial charge in [0.15, 0.2) is 5.82 Å². The van der Waals surface area contributed by atoms with Crippen molar-refractivity contribution in [3.05, 3.63) is 28.9 Å². The fourth-order valence-corrected chi connectivity index (χ4v) is 3.46. The highest BCUT2D eigenvalue weighted by Gasteiger charge is 2.24. The van der Waals surface area contributed by atoms with E-state index in [1.165, 1.54) is 0 Å². The summed E-state index contributed by atoms with van der Waals surface area (Å²) in [5.74, 6) is 1.48. The molecule has 1 aromatic carbocycles. The van der Waals surface area contributed by atoms with Gasteiger partial charge in [0.25, 0.3) is 0 Å². The van der Waals surface area contributed by atoms with Crippen LogP contribution >= 0.6 is 11.6 Å². The Morgan fingerprint density at radius 2 is 2.12 bits per heavy atom. The van der Waals surface area contributed by atoms with E-state index in [1.54, 1.807) is 12.1 Å². The third-order valence-corrected chi connectivity index (χ3v) is 5.25. The highest BCUT2D eigenvalue weighted by atomic mass is 35.5. The minimum Gasteiger partial charge on any atom is -0.398 e. The lowest BCUT2D eigenvalue weighted by Crippen LogP contribution is -2.30. The maximum atomic E-state index is 6.21. The molecule has 1 aromatic heterocycles. The first-order chi connectivity index (χ1) is 12.5. The van der Waals surface area contributed by atoms with Crippen LogP contribution in [0.4, 0.5) is 17.2 Å². The number of hydrogen-bond acceptors (Lipinski definition) is 6. The van der Waals surface area contributed by atoms with Crippen LogP contribution in [0.1, 0.15) is 31.9 Å². The largest absolute Gasteiger partial charge is 0.398 e. The van der Waals surface area contributed by atoms with E-state index in [-0.39, 0.29) is 0 Å². The van der Waals surface area contributed by atoms with E-state index >= 15 is 0 Å². The number of halogens is 1. The molecule has 2 heterocycles. The van der Waals surface area contributed by atoms with Crippen molar-refractivity contribution in [2.24, 2.45) is 0 Å². The van der Waals surface area contributed by atoms with Gasteiger partial charge in [0, 0.05) is 36.6 Å². The second-order valence-electron chi connectivity index (χ2n) is 6.79. The van der Waals surface area contributed by atoms with E-state index in [0.29, 0.717) is 33.8 Å². The van der Waals surface area contributed by atoms with Crippen LogP contribution in [-0.4, -0.2) is 36.1 Å². The van der Waals surface area contributed by atoms with E-state index in [9.17, 15) is 0 Å². The zero-order valence-electron chi connectivity index (χ0n) is 15.4. The number of nitrogen functional groups attached to an aromatic ring is 2. The minimum atomic E-state index is 0.430. The normalized spacial score (nSPS) is 17.0. The molecule has 1 aliphatic rings. The van der Waals surface area contributed by atoms with Gasteiger partial charge in [-0.1, -0.05) is 24.9 Å². The Morgan fingerprint density at radius 1 is 1.31 bits per heavy atom. The number of nitrogens with zero attached hydrogens (tertiary/aromatic N) is 3. The second-order valence-corrected chi connectivity index (χ2v) is 7.20. The minimum absolute atomic E-state index is 0.430. The number of aryl methyl sites for hydroxylation is 1. The Morgan fingerprint density at radius 3 is 2.81 bits per heavy atom. The van der Waals surface area contributed by atoms with Crippen molar-refractivity contribution in [3.63, 3.8) is 0 Å². The maximum absolute atomic E-state index is 6.21. The van der Waals surface area contributed by atoms with Crippen molar-refractivity contribution in [1.82, 2.24) is 15.3 Å². The molecule has 0 saturated carbocycles. The van der Waals surface area contributed by atoms with Gasteiger partial charge in [-0.05, 0) is 38.4 Å². The molecule has 0 amide bonds. The number of aromatic nitrogens is 2. The van der Waals surface area contributed by atoms with Crippen molar-refractivity contribution >= 4 is 28.8 Å². The summed E-state index contributed by atoms with van der Waals surface area (Å²) in [6.45, 7) is 4.07. The maximum Gasteiger partial charge on any atom is 0.166 e. The molecule has 1 aliphatic heterocycles. The van der Waals surface area contributed by atoms with Gasteiger partial charge in [-0.25, -0.2) is 9.97 Å². The van der Waals surface area contributed by atoms with Crippen molar-refractivity contribution in [2.75, 3.05) is 36.5 Å². The molecule has 5 N–H and O–H groups in total. The van der Waals surface area contributed by atoms with E-state index in [4.69, 9.17) is 33.0 Å². The van der Waals surface area contributed by atoms with E-state index in [1.807, 2.05) is 7.05 Å². The Kier molecular flexibility index (Phi) is 5.84. The molecule has 1 fully saturated rings. The number of nitrogens with two attached hydrogens (primary N) is 2. The molecule has 0 radical (unpaired) electrons. The van der Waals surface area contributed by atoms with Gasteiger partial charge in [-0.3, -0.25) is 0 Å². The van der Waals surface area contributed by atoms with Gasteiger partial charge in [0.2, 0.25) is 0 Å². The monoisotopic (exact) mass is 374 g/mol. The van der Waals surface area contributed by atoms with Crippen LogP contribution < -0.4 is 21.7 Å². The Balaban J connectivity index is 2.05. The molecule has 0 aliphatic carbocycles. The Labute approximate surface area is 159 Å². The van der Waals surface area contributed by atoms with Crippen LogP contribution in [0.2, 0.25) is 5.02 Å². The molecule has 6 nitrogen and oxygen atoms in total. The average molecular weight is 375 g/mol. The summed E-state index contributed by atoms with van der Waals surface area (Å²) in [7, 11) is 2.00. The first-order valence-corrected chi connectivity index (χ1v) is 9.55. The molecule has 26 heavy (non-hydrogen) atoms. The van der Waals surface area contributed by atoms with Crippen molar-refractivity contribution in [1.29, 1.82) is 0 Å². The predicted molar refractivity (Wildman–Crippen MR) is 110 cm³/mol. The topological polar surface area (TPSA) is 93.1 Å². The zero-order valence-corrected chi connectivity index (χ0v) is 16.2. The molecule has 1 saturated heterocycles. The third-order valence-electron chi connectivity index (χ3n) is 4.92. The molecule has 2 aromatic rings. The molecular weight excluding hydrogens is 348 g/mol. The van der Waals surface area contributed by atoms with Gasteiger partial charge in [0.1, 0.15) is 5.82 Å². The Hall–Kier alpha value is -2.05. The smallest absolute Gasteiger partial charge is 0.166 e. The van der Waals surface area contributed by atoms with Gasteiger partial charge < -0.3 is 21.7 Å². The number of likely N-dealkylation sites (N-methyl/N-ethyl adjacent to an activating group) is 1. The molecule has 140 valence electrons. The zero-order chi connectivity index (χ0) is 18.7. The molecule has 0 spiro atoms. The number of benzene rings is 1. The van der Waals surface area contributed by atoms with Crippen LogP contribution in [0.15, 0.2) is 18.2 Å². The van der Waals surface area contributed by atoms with Crippen molar-refractivity contribution in [3.8, 4) is 11.4 Å². The van der Waals surface area contributed by atoms with E-state index in [2.05, 4.69) is 23.2 Å². The molecule has 0 bridgehead atoms. The first-order valence-electron chi connectivity index (χ1n) is 9.17. The number of nitrogens with one attached hydrogen (secondary N) is 1. The SMILES string of the molecule is CCCCc1cc(N2CCC(NC)C2)nc(-c2c(N)ccc(Cl)c2N)n1. The summed E-state index contributed by atoms with van der Waals surface area (Å²) in [5, 5.41) is 3.81. The summed E-state index contributed by atoms with van der Waals surface area (Å²) in [4.78, 5) is 11.8. The molecule has 1 unspecified atom stereocenters. The summed E-state index contributed by atoms with van der Waals surface area (Å²) in [5.41, 5.74) is 15.0. The summed E-state index contributed by atoms with van der Waals surface area (Å²) in [6, 6.07) is 6.03. The Bertz CT molecular complexity index is 779. The highest BCUT2D eigenvalue weighted by molar-refractivity contribution is 6.34. The van der Waals surface area contributed by atoms with Gasteiger partial charge in [0.05, 0.1) is 16.3 Å². The first kappa shape index (κ1) is 18.7. The summed E-state index contributed by atoms with van der Waals surface area (Å²) in [6.07, 6.45) is 4.20. The van der Waals surface area contributed by atoms with Crippen LogP contribution in [0.3, 0.4) is 0 Å². The number of anilines is 3. The van der Waals surface area contributed by atoms with Gasteiger partial charge >= 0.3 is 0 Å². The van der Waals surface area contributed by atoms with Crippen LogP contribution in [-0.2, 0) is 6.42 Å². The van der Waals surface area contributed by atoms with Crippen molar-refractivity contribution < 1.29 is 0 Å². The summed E-state index contributed by atoms with van der Waals surface area (Å²) >= 11 is 6.21. The quantitative estimate of drug-likeness (QED) is 0.673. The molecule has 1 atom stereocenters. The van der Waals surface area contributed by atoms with Crippen LogP contribution in [0.25, 0.3) is 11.4 Å². The van der Waals surface area contributed by atoms with E-state index in [0.717, 1.165) is 50.3 Å². The van der Waals surface area contributed by atoms with Gasteiger partial charge in [-0.15, -0.1) is 0 Å². The third kappa shape index (κ3) is 3.86. The van der Waals surface area contributed by atoms with E-state index < -0.39 is 0 Å². The standard InChI is InChI=1S/C19H27ClN6/c1-3-4-5-12-10-16(26-9-8-13(11-26)23-2)25-19(24-12)17-15(21)7-6-14(20)18(17)22/h6-7,10,13,23H,3-5,8-9,11,21-22H2,1-2H3. The van der Waals surface area contributed by atoms with Crippen molar-refractivity contribution in [2.45, 2.75) is 38.6 Å². The molecule has 3 rings (SSSR count). The lowest BCUT2D eigenvalue weighted by atomic mass is 10.1. The predicted octanol–water partition coefficient (Wildman–Crippen LogP) is 3.10. The number of rotatable bonds is 6. The second kappa shape index (κ2) is 8.10. The molecule has 7 heteroatoms. The lowest BCUT2D eigenvalue weighted by Gasteiger charge is -2.20. The fraction of sp³-hybridized carbons (Fsp3) is 0.474. The lowest BCUT2D eigenvalue weighted by molar-refractivity contribution is 0.616. The molecular formula is C19H27ClN6. The van der Waals surface area contributed by atoms with Crippen LogP contribution in [0, 0.1) is 0 Å². The number of unbranched alkanes of at least 4 members (excludes halogenated alkanes) is 1. The van der Waals surface area contributed by atoms with Gasteiger partial charge in [-0.2, -0.15) is 0 Å². The fourth-order valence-electron chi connectivity index (χ4n) is 3.31. The highest BCUT2D eigenvalue weighted by Crippen LogP contribution is 2.36. The average Bonchev–Trinajstić information content (AvgIpc) is 3.12.